The van der Waals surface area contributed by atoms with Crippen molar-refractivity contribution >= 4 is 15.9 Å². The van der Waals surface area contributed by atoms with E-state index in [9.17, 15) is 13.2 Å². The van der Waals surface area contributed by atoms with Crippen molar-refractivity contribution in [3.8, 4) is 5.75 Å². The molecule has 1 unspecified atom stereocenters. The maximum Gasteiger partial charge on any atom is 0.573 e. The highest BCUT2D eigenvalue weighted by Gasteiger charge is 2.31. The van der Waals surface area contributed by atoms with Crippen LogP contribution in [0.15, 0.2) is 47.1 Å². The Labute approximate surface area is 128 Å². The summed E-state index contributed by atoms with van der Waals surface area (Å²) in [5.74, 6) is -0.257. The average molecular weight is 361 g/mol. The van der Waals surface area contributed by atoms with E-state index in [1.54, 1.807) is 25.4 Å². The predicted octanol–water partition coefficient (Wildman–Crippen LogP) is 4.05. The van der Waals surface area contributed by atoms with Gasteiger partial charge in [0.2, 0.25) is 0 Å². The number of nitrogens with one attached hydrogen (secondary N) is 1. The van der Waals surface area contributed by atoms with E-state index in [1.165, 1.54) is 18.2 Å². The van der Waals surface area contributed by atoms with Crippen LogP contribution in [0.4, 0.5) is 13.2 Å². The minimum absolute atomic E-state index is 0.257. The Hall–Kier alpha value is -1.60. The fraction of sp³-hybridized carbons (Fsp3) is 0.214. The lowest BCUT2D eigenvalue weighted by molar-refractivity contribution is -0.274. The summed E-state index contributed by atoms with van der Waals surface area (Å²) in [5, 5.41) is 3.04. The Bertz CT molecular complexity index is 619. The van der Waals surface area contributed by atoms with Crippen molar-refractivity contribution in [3.05, 3.63) is 58.3 Å². The largest absolute Gasteiger partial charge is 0.573 e. The van der Waals surface area contributed by atoms with Crippen molar-refractivity contribution in [2.24, 2.45) is 0 Å². The Kier molecular flexibility index (Phi) is 4.84. The predicted molar refractivity (Wildman–Crippen MR) is 76.0 cm³/mol. The van der Waals surface area contributed by atoms with E-state index in [1.807, 2.05) is 6.07 Å². The number of aromatic nitrogens is 1. The first-order chi connectivity index (χ1) is 9.90. The number of halogens is 4. The normalized spacial score (nSPS) is 13.0. The molecule has 3 nitrogen and oxygen atoms in total. The average Bonchev–Trinajstić information content (AvgIpc) is 2.40. The summed E-state index contributed by atoms with van der Waals surface area (Å²) in [6.07, 6.45) is -3.08. The van der Waals surface area contributed by atoms with Gasteiger partial charge in [0, 0.05) is 10.7 Å². The van der Waals surface area contributed by atoms with Gasteiger partial charge < -0.3 is 10.1 Å². The van der Waals surface area contributed by atoms with Gasteiger partial charge in [0.25, 0.3) is 0 Å². The molecule has 0 amide bonds. The molecule has 1 N–H and O–H groups in total. The SMILES string of the molecule is CNC(c1cccc(OC(F)(F)F)c1)c1ncccc1Br. The van der Waals surface area contributed by atoms with Gasteiger partial charge >= 0.3 is 6.36 Å². The molecule has 0 spiro atoms. The number of alkyl halides is 3. The molecule has 112 valence electrons. The van der Waals surface area contributed by atoms with Crippen LogP contribution in [0.2, 0.25) is 0 Å². The highest BCUT2D eigenvalue weighted by molar-refractivity contribution is 9.10. The number of nitrogens with zero attached hydrogens (tertiary/aromatic N) is 1. The highest BCUT2D eigenvalue weighted by Crippen LogP contribution is 2.30. The van der Waals surface area contributed by atoms with Crippen LogP contribution in [-0.4, -0.2) is 18.4 Å². The standard InChI is InChI=1S/C14H12BrF3N2O/c1-19-12(13-11(15)6-3-7-20-13)9-4-2-5-10(8-9)21-14(16,17)18/h2-8,12,19H,1H3. The molecule has 2 rings (SSSR count). The van der Waals surface area contributed by atoms with Gasteiger partial charge in [-0.2, -0.15) is 0 Å². The molecule has 0 bridgehead atoms. The summed E-state index contributed by atoms with van der Waals surface area (Å²) in [5.41, 5.74) is 1.31. The Morgan fingerprint density at radius 3 is 2.62 bits per heavy atom. The monoisotopic (exact) mass is 360 g/mol. The minimum atomic E-state index is -4.71. The molecule has 1 aromatic carbocycles. The molecule has 1 heterocycles. The van der Waals surface area contributed by atoms with E-state index in [-0.39, 0.29) is 11.8 Å². The first kappa shape index (κ1) is 15.8. The van der Waals surface area contributed by atoms with Gasteiger partial charge in [-0.1, -0.05) is 12.1 Å². The number of ether oxygens (including phenoxy) is 1. The molecule has 0 aliphatic carbocycles. The van der Waals surface area contributed by atoms with Crippen LogP contribution in [-0.2, 0) is 0 Å². The van der Waals surface area contributed by atoms with Crippen molar-refractivity contribution < 1.29 is 17.9 Å². The van der Waals surface area contributed by atoms with Crippen molar-refractivity contribution in [1.82, 2.24) is 10.3 Å². The van der Waals surface area contributed by atoms with Crippen molar-refractivity contribution in [1.29, 1.82) is 0 Å². The minimum Gasteiger partial charge on any atom is -0.406 e. The van der Waals surface area contributed by atoms with Gasteiger partial charge in [-0.05, 0) is 52.8 Å². The summed E-state index contributed by atoms with van der Waals surface area (Å²) in [6, 6.07) is 9.07. The molecule has 0 aliphatic heterocycles. The van der Waals surface area contributed by atoms with Gasteiger partial charge in [0.05, 0.1) is 11.7 Å². The van der Waals surface area contributed by atoms with Crippen LogP contribution in [0.5, 0.6) is 5.75 Å². The molecule has 0 aliphatic rings. The first-order valence-electron chi connectivity index (χ1n) is 6.04. The fourth-order valence-corrected chi connectivity index (χ4v) is 2.45. The van der Waals surface area contributed by atoms with Crippen LogP contribution >= 0.6 is 15.9 Å². The number of benzene rings is 1. The van der Waals surface area contributed by atoms with Gasteiger partial charge in [-0.25, -0.2) is 0 Å². The lowest BCUT2D eigenvalue weighted by Gasteiger charge is -2.18. The van der Waals surface area contributed by atoms with Crippen LogP contribution in [0.1, 0.15) is 17.3 Å². The molecule has 0 saturated carbocycles. The Balaban J connectivity index is 2.35. The molecule has 0 fully saturated rings. The summed E-state index contributed by atoms with van der Waals surface area (Å²) < 4.78 is 41.6. The molecule has 2 aromatic rings. The fourth-order valence-electron chi connectivity index (χ4n) is 1.96. The van der Waals surface area contributed by atoms with E-state index in [0.717, 1.165) is 4.47 Å². The van der Waals surface area contributed by atoms with E-state index in [4.69, 9.17) is 0 Å². The third kappa shape index (κ3) is 4.18. The van der Waals surface area contributed by atoms with Gasteiger partial charge in [0.1, 0.15) is 5.75 Å². The molecule has 21 heavy (non-hydrogen) atoms. The van der Waals surface area contributed by atoms with Crippen LogP contribution in [0.3, 0.4) is 0 Å². The van der Waals surface area contributed by atoms with Crippen LogP contribution in [0, 0.1) is 0 Å². The lowest BCUT2D eigenvalue weighted by Crippen LogP contribution is -2.20. The summed E-state index contributed by atoms with van der Waals surface area (Å²) in [4.78, 5) is 4.26. The summed E-state index contributed by atoms with van der Waals surface area (Å²) in [7, 11) is 1.71. The topological polar surface area (TPSA) is 34.1 Å². The highest BCUT2D eigenvalue weighted by atomic mass is 79.9. The van der Waals surface area contributed by atoms with E-state index < -0.39 is 6.36 Å². The van der Waals surface area contributed by atoms with Gasteiger partial charge in [-0.3, -0.25) is 4.98 Å². The lowest BCUT2D eigenvalue weighted by atomic mass is 10.0. The number of rotatable bonds is 4. The number of pyridine rings is 1. The first-order valence-corrected chi connectivity index (χ1v) is 6.83. The zero-order valence-corrected chi connectivity index (χ0v) is 12.6. The quantitative estimate of drug-likeness (QED) is 0.892. The van der Waals surface area contributed by atoms with Gasteiger partial charge in [-0.15, -0.1) is 13.2 Å². The molecule has 0 radical (unpaired) electrons. The molecule has 0 saturated heterocycles. The Morgan fingerprint density at radius 1 is 1.24 bits per heavy atom. The zero-order chi connectivity index (χ0) is 15.5. The summed E-state index contributed by atoms with van der Waals surface area (Å²) in [6.45, 7) is 0. The van der Waals surface area contributed by atoms with E-state index in [0.29, 0.717) is 11.3 Å². The van der Waals surface area contributed by atoms with Crippen LogP contribution in [0.25, 0.3) is 0 Å². The van der Waals surface area contributed by atoms with Crippen molar-refractivity contribution in [3.63, 3.8) is 0 Å². The number of hydrogen-bond donors (Lipinski definition) is 1. The molecule has 1 aromatic heterocycles. The summed E-state index contributed by atoms with van der Waals surface area (Å²) >= 11 is 3.39. The van der Waals surface area contributed by atoms with Crippen LogP contribution < -0.4 is 10.1 Å². The van der Waals surface area contributed by atoms with Gasteiger partial charge in [0.15, 0.2) is 0 Å². The molecular formula is C14H12BrF3N2O. The maximum atomic E-state index is 12.3. The molecule has 1 atom stereocenters. The third-order valence-electron chi connectivity index (χ3n) is 2.77. The molecular weight excluding hydrogens is 349 g/mol. The maximum absolute atomic E-state index is 12.3. The smallest absolute Gasteiger partial charge is 0.406 e. The van der Waals surface area contributed by atoms with E-state index in [2.05, 4.69) is 31.0 Å². The zero-order valence-electron chi connectivity index (χ0n) is 11.0. The van der Waals surface area contributed by atoms with E-state index >= 15 is 0 Å². The second kappa shape index (κ2) is 6.44. The van der Waals surface area contributed by atoms with Crippen molar-refractivity contribution in [2.45, 2.75) is 12.4 Å². The second-order valence-electron chi connectivity index (χ2n) is 4.21. The Morgan fingerprint density at radius 2 is 2.00 bits per heavy atom. The third-order valence-corrected chi connectivity index (χ3v) is 3.44. The second-order valence-corrected chi connectivity index (χ2v) is 5.07. The molecule has 7 heteroatoms. The number of hydrogen-bond acceptors (Lipinski definition) is 3. The van der Waals surface area contributed by atoms with Crippen molar-refractivity contribution in [2.75, 3.05) is 7.05 Å².